The van der Waals surface area contributed by atoms with Gasteiger partial charge >= 0.3 is 5.97 Å². The number of amides is 1. The molecular formula is C13H22N2O3. The Bertz CT molecular complexity index is 345. The smallest absolute Gasteiger partial charge is 0.328 e. The Labute approximate surface area is 108 Å². The Kier molecular flexibility index (Phi) is 3.90. The molecule has 3 atom stereocenters. The van der Waals surface area contributed by atoms with Gasteiger partial charge in [-0.3, -0.25) is 4.79 Å². The third-order valence-corrected chi connectivity index (χ3v) is 4.08. The molecule has 0 N–H and O–H groups in total. The normalized spacial score (nSPS) is 33.8. The van der Waals surface area contributed by atoms with E-state index in [9.17, 15) is 9.59 Å². The van der Waals surface area contributed by atoms with Gasteiger partial charge in [0, 0.05) is 18.5 Å². The van der Waals surface area contributed by atoms with E-state index in [0.717, 1.165) is 32.4 Å². The number of rotatable bonds is 1. The lowest BCUT2D eigenvalue weighted by Gasteiger charge is -2.36. The molecule has 0 aromatic rings. The molecular weight excluding hydrogens is 232 g/mol. The molecule has 2 heterocycles. The minimum atomic E-state index is -0.363. The fourth-order valence-electron chi connectivity index (χ4n) is 3.13. The lowest BCUT2D eigenvalue weighted by Crippen LogP contribution is -2.51. The molecule has 2 rings (SSSR count). The highest BCUT2D eigenvalue weighted by atomic mass is 16.5. The van der Waals surface area contributed by atoms with E-state index in [1.165, 1.54) is 7.11 Å². The molecule has 2 aliphatic rings. The van der Waals surface area contributed by atoms with Crippen molar-refractivity contribution in [1.29, 1.82) is 0 Å². The lowest BCUT2D eigenvalue weighted by molar-refractivity contribution is -0.154. The van der Waals surface area contributed by atoms with Crippen molar-refractivity contribution in [3.63, 3.8) is 0 Å². The topological polar surface area (TPSA) is 49.9 Å². The average molecular weight is 254 g/mol. The first-order chi connectivity index (χ1) is 8.54. The molecule has 2 saturated heterocycles. The molecule has 102 valence electrons. The number of ether oxygens (including phenoxy) is 1. The van der Waals surface area contributed by atoms with Crippen LogP contribution in [-0.4, -0.2) is 61.0 Å². The van der Waals surface area contributed by atoms with Crippen molar-refractivity contribution < 1.29 is 14.3 Å². The molecule has 0 unspecified atom stereocenters. The van der Waals surface area contributed by atoms with Crippen LogP contribution in [0.3, 0.4) is 0 Å². The number of carbonyl (C=O) groups excluding carboxylic acids is 2. The summed E-state index contributed by atoms with van der Waals surface area (Å²) >= 11 is 0. The summed E-state index contributed by atoms with van der Waals surface area (Å²) in [4.78, 5) is 28.2. The number of hydrogen-bond acceptors (Lipinski definition) is 4. The van der Waals surface area contributed by atoms with Gasteiger partial charge in [0.25, 0.3) is 0 Å². The molecule has 0 aromatic heterocycles. The highest BCUT2D eigenvalue weighted by Crippen LogP contribution is 2.30. The van der Waals surface area contributed by atoms with E-state index in [0.29, 0.717) is 0 Å². The summed E-state index contributed by atoms with van der Waals surface area (Å²) in [7, 11) is 3.44. The van der Waals surface area contributed by atoms with Gasteiger partial charge in [-0.05, 0) is 32.9 Å². The van der Waals surface area contributed by atoms with Crippen LogP contribution in [-0.2, 0) is 14.3 Å². The molecule has 1 amide bonds. The van der Waals surface area contributed by atoms with Gasteiger partial charge < -0.3 is 14.5 Å². The largest absolute Gasteiger partial charge is 0.467 e. The van der Waals surface area contributed by atoms with E-state index in [-0.39, 0.29) is 29.9 Å². The SMILES string of the molecule is COC(=O)[C@@H]1CC[C@@H]2CCN(C)C[C@H](C)C(=O)N21. The second kappa shape index (κ2) is 5.26. The zero-order valence-corrected chi connectivity index (χ0v) is 11.4. The van der Waals surface area contributed by atoms with E-state index in [1.807, 2.05) is 14.0 Å². The van der Waals surface area contributed by atoms with Crippen LogP contribution in [0.2, 0.25) is 0 Å². The quantitative estimate of drug-likeness (QED) is 0.639. The monoisotopic (exact) mass is 254 g/mol. The predicted octanol–water partition coefficient (Wildman–Crippen LogP) is 0.491. The van der Waals surface area contributed by atoms with E-state index in [2.05, 4.69) is 4.90 Å². The van der Waals surface area contributed by atoms with Gasteiger partial charge in [0.1, 0.15) is 6.04 Å². The maximum absolute atomic E-state index is 12.4. The molecule has 0 saturated carbocycles. The number of nitrogens with zero attached hydrogens (tertiary/aromatic N) is 2. The molecule has 0 radical (unpaired) electrons. The van der Waals surface area contributed by atoms with Gasteiger partial charge in [-0.25, -0.2) is 4.79 Å². The summed E-state index contributed by atoms with van der Waals surface area (Å²) < 4.78 is 4.82. The van der Waals surface area contributed by atoms with Gasteiger partial charge in [0.05, 0.1) is 7.11 Å². The van der Waals surface area contributed by atoms with Crippen molar-refractivity contribution in [2.24, 2.45) is 5.92 Å². The summed E-state index contributed by atoms with van der Waals surface area (Å²) in [5, 5.41) is 0. The minimum Gasteiger partial charge on any atom is -0.467 e. The summed E-state index contributed by atoms with van der Waals surface area (Å²) in [5.74, 6) is -0.227. The van der Waals surface area contributed by atoms with Gasteiger partial charge in [-0.2, -0.15) is 0 Å². The number of esters is 1. The molecule has 2 fully saturated rings. The van der Waals surface area contributed by atoms with E-state index in [4.69, 9.17) is 4.74 Å². The van der Waals surface area contributed by atoms with Crippen LogP contribution < -0.4 is 0 Å². The second-order valence-corrected chi connectivity index (χ2v) is 5.47. The van der Waals surface area contributed by atoms with Crippen LogP contribution in [0.5, 0.6) is 0 Å². The summed E-state index contributed by atoms with van der Waals surface area (Å²) in [6, 6.07) is -0.162. The molecule has 2 aliphatic heterocycles. The Hall–Kier alpha value is -1.10. The van der Waals surface area contributed by atoms with Crippen LogP contribution in [0.15, 0.2) is 0 Å². The van der Waals surface area contributed by atoms with Gasteiger partial charge in [0.2, 0.25) is 5.91 Å². The Morgan fingerprint density at radius 3 is 2.72 bits per heavy atom. The minimum absolute atomic E-state index is 0.0527. The summed E-state index contributed by atoms with van der Waals surface area (Å²) in [6.45, 7) is 3.68. The van der Waals surface area contributed by atoms with Gasteiger partial charge in [0.15, 0.2) is 0 Å². The van der Waals surface area contributed by atoms with Crippen molar-refractivity contribution in [1.82, 2.24) is 9.80 Å². The zero-order chi connectivity index (χ0) is 13.3. The average Bonchev–Trinajstić information content (AvgIpc) is 2.76. The fraction of sp³-hybridized carbons (Fsp3) is 0.846. The van der Waals surface area contributed by atoms with Crippen LogP contribution in [0.1, 0.15) is 26.2 Å². The molecule has 0 bridgehead atoms. The number of methoxy groups -OCH3 is 1. The molecule has 0 spiro atoms. The number of hydrogen-bond donors (Lipinski definition) is 0. The highest BCUT2D eigenvalue weighted by molar-refractivity contribution is 5.86. The van der Waals surface area contributed by atoms with Crippen LogP contribution in [0.4, 0.5) is 0 Å². The maximum atomic E-state index is 12.4. The van der Waals surface area contributed by atoms with Crippen LogP contribution in [0, 0.1) is 5.92 Å². The molecule has 0 aliphatic carbocycles. The molecule has 5 heteroatoms. The summed E-state index contributed by atoms with van der Waals surface area (Å²) in [5.41, 5.74) is 0. The van der Waals surface area contributed by atoms with Gasteiger partial charge in [-0.1, -0.05) is 6.92 Å². The van der Waals surface area contributed by atoms with Crippen molar-refractivity contribution in [3.8, 4) is 0 Å². The van der Waals surface area contributed by atoms with E-state index in [1.54, 1.807) is 4.90 Å². The number of fused-ring (bicyclic) bond motifs is 1. The molecule has 18 heavy (non-hydrogen) atoms. The third kappa shape index (κ3) is 2.36. The Morgan fingerprint density at radius 2 is 2.06 bits per heavy atom. The van der Waals surface area contributed by atoms with Crippen molar-refractivity contribution >= 4 is 11.9 Å². The van der Waals surface area contributed by atoms with Crippen molar-refractivity contribution in [2.45, 2.75) is 38.3 Å². The van der Waals surface area contributed by atoms with Crippen molar-refractivity contribution in [3.05, 3.63) is 0 Å². The molecule has 5 nitrogen and oxygen atoms in total. The Balaban J connectivity index is 2.20. The Morgan fingerprint density at radius 1 is 1.33 bits per heavy atom. The molecule has 0 aromatic carbocycles. The van der Waals surface area contributed by atoms with E-state index >= 15 is 0 Å². The zero-order valence-electron chi connectivity index (χ0n) is 11.4. The summed E-state index contributed by atoms with van der Waals surface area (Å²) in [6.07, 6.45) is 2.59. The second-order valence-electron chi connectivity index (χ2n) is 5.47. The first-order valence-electron chi connectivity index (χ1n) is 6.63. The van der Waals surface area contributed by atoms with Crippen LogP contribution in [0.25, 0.3) is 0 Å². The maximum Gasteiger partial charge on any atom is 0.328 e. The fourth-order valence-corrected chi connectivity index (χ4v) is 3.13. The highest BCUT2D eigenvalue weighted by Gasteiger charge is 2.43. The standard InChI is InChI=1S/C13H22N2O3/c1-9-8-14(2)7-6-10-4-5-11(13(17)18-3)15(10)12(9)16/h9-11H,4-8H2,1-3H3/t9-,10+,11-/m0/s1. The van der Waals surface area contributed by atoms with Crippen LogP contribution >= 0.6 is 0 Å². The number of carbonyl (C=O) groups is 2. The predicted molar refractivity (Wildman–Crippen MR) is 67.0 cm³/mol. The van der Waals surface area contributed by atoms with Gasteiger partial charge in [-0.15, -0.1) is 0 Å². The van der Waals surface area contributed by atoms with Crippen molar-refractivity contribution in [2.75, 3.05) is 27.2 Å². The lowest BCUT2D eigenvalue weighted by atomic mass is 10.0. The third-order valence-electron chi connectivity index (χ3n) is 4.08. The van der Waals surface area contributed by atoms with E-state index < -0.39 is 0 Å². The first kappa shape index (κ1) is 13.3. The first-order valence-corrected chi connectivity index (χ1v) is 6.63.